The quantitative estimate of drug-likeness (QED) is 0.639. The van der Waals surface area contributed by atoms with Gasteiger partial charge in [-0.2, -0.15) is 0 Å². The lowest BCUT2D eigenvalue weighted by molar-refractivity contribution is 0.0379. The molecule has 0 amide bonds. The molecule has 2 heterocycles. The summed E-state index contributed by atoms with van der Waals surface area (Å²) < 4.78 is 5.38. The monoisotopic (exact) mass is 369 g/mol. The Bertz CT molecular complexity index is 986. The van der Waals surface area contributed by atoms with Gasteiger partial charge in [0, 0.05) is 28.0 Å². The molecule has 0 saturated carbocycles. The fourth-order valence-electron chi connectivity index (χ4n) is 2.64. The summed E-state index contributed by atoms with van der Waals surface area (Å²) in [7, 11) is 0. The first-order valence-corrected chi connectivity index (χ1v) is 8.73. The number of pyridine rings is 2. The number of aryl methyl sites for hydroxylation is 2. The molecular formula is C20H20ClN3O2. The summed E-state index contributed by atoms with van der Waals surface area (Å²) >= 11 is 6.05. The van der Waals surface area contributed by atoms with Gasteiger partial charge in [-0.3, -0.25) is 0 Å². The van der Waals surface area contributed by atoms with E-state index in [1.807, 2.05) is 52.0 Å². The van der Waals surface area contributed by atoms with Crippen LogP contribution >= 0.6 is 11.6 Å². The highest BCUT2D eigenvalue weighted by Gasteiger charge is 2.19. The number of nitrogens with one attached hydrogen (secondary N) is 1. The molecule has 0 spiro atoms. The second-order valence-electron chi connectivity index (χ2n) is 6.41. The summed E-state index contributed by atoms with van der Waals surface area (Å²) in [6, 6.07) is 9.34. The minimum atomic E-state index is -0.427. The standard InChI is InChI=1S/C20H20ClN3O2/c1-11(2)26-20(25)16-10-22-19-15(7-5-13(4)23-19)18(16)24-17-8-6-14(21)9-12(17)3/h5-11H,1-4H3,(H,22,23,24). The summed E-state index contributed by atoms with van der Waals surface area (Å²) in [6.45, 7) is 7.48. The van der Waals surface area contributed by atoms with Crippen LogP contribution in [0.3, 0.4) is 0 Å². The molecule has 0 unspecified atom stereocenters. The van der Waals surface area contributed by atoms with Crippen molar-refractivity contribution in [3.8, 4) is 0 Å². The van der Waals surface area contributed by atoms with E-state index in [0.717, 1.165) is 22.3 Å². The third-order valence-electron chi connectivity index (χ3n) is 3.88. The summed E-state index contributed by atoms with van der Waals surface area (Å²) in [6.07, 6.45) is 1.28. The number of hydrogen-bond acceptors (Lipinski definition) is 5. The van der Waals surface area contributed by atoms with Crippen molar-refractivity contribution in [2.24, 2.45) is 0 Å². The molecule has 0 radical (unpaired) electrons. The molecule has 0 aliphatic rings. The Kier molecular flexibility index (Phi) is 5.09. The van der Waals surface area contributed by atoms with Gasteiger partial charge in [-0.15, -0.1) is 0 Å². The maximum absolute atomic E-state index is 12.6. The minimum absolute atomic E-state index is 0.223. The maximum atomic E-state index is 12.6. The zero-order valence-electron chi connectivity index (χ0n) is 15.1. The van der Waals surface area contributed by atoms with Crippen molar-refractivity contribution in [3.63, 3.8) is 0 Å². The Morgan fingerprint density at radius 2 is 1.96 bits per heavy atom. The molecule has 26 heavy (non-hydrogen) atoms. The number of hydrogen-bond donors (Lipinski definition) is 1. The average molecular weight is 370 g/mol. The molecule has 0 aliphatic heterocycles. The van der Waals surface area contributed by atoms with Gasteiger partial charge in [-0.05, 0) is 63.6 Å². The van der Waals surface area contributed by atoms with Gasteiger partial charge in [0.25, 0.3) is 0 Å². The van der Waals surface area contributed by atoms with Crippen molar-refractivity contribution in [1.29, 1.82) is 0 Å². The van der Waals surface area contributed by atoms with E-state index in [0.29, 0.717) is 21.9 Å². The molecule has 3 aromatic rings. The van der Waals surface area contributed by atoms with Crippen LogP contribution in [0.2, 0.25) is 5.02 Å². The lowest BCUT2D eigenvalue weighted by atomic mass is 10.1. The summed E-state index contributed by atoms with van der Waals surface area (Å²) in [5.41, 5.74) is 4.23. The van der Waals surface area contributed by atoms with E-state index in [1.165, 1.54) is 6.20 Å². The van der Waals surface area contributed by atoms with Crippen LogP contribution in [0.1, 0.15) is 35.5 Å². The van der Waals surface area contributed by atoms with E-state index >= 15 is 0 Å². The predicted octanol–water partition coefficient (Wildman–Crippen LogP) is 5.21. The fourth-order valence-corrected chi connectivity index (χ4v) is 2.87. The van der Waals surface area contributed by atoms with Crippen LogP contribution in [0.5, 0.6) is 0 Å². The van der Waals surface area contributed by atoms with Crippen LogP contribution in [-0.2, 0) is 4.74 Å². The van der Waals surface area contributed by atoms with E-state index in [9.17, 15) is 4.79 Å². The number of ether oxygens (including phenoxy) is 1. The normalized spacial score (nSPS) is 11.0. The van der Waals surface area contributed by atoms with Gasteiger partial charge < -0.3 is 10.1 Å². The lowest BCUT2D eigenvalue weighted by Crippen LogP contribution is -2.14. The number of anilines is 2. The SMILES string of the molecule is Cc1ccc2c(Nc3ccc(Cl)cc3C)c(C(=O)OC(C)C)cnc2n1. The van der Waals surface area contributed by atoms with Crippen molar-refractivity contribution < 1.29 is 9.53 Å². The third kappa shape index (κ3) is 3.78. The molecule has 0 fully saturated rings. The van der Waals surface area contributed by atoms with Gasteiger partial charge in [0.1, 0.15) is 5.56 Å². The molecule has 1 aromatic carbocycles. The second kappa shape index (κ2) is 7.30. The number of aromatic nitrogens is 2. The van der Waals surface area contributed by atoms with Crippen molar-refractivity contribution in [2.75, 3.05) is 5.32 Å². The minimum Gasteiger partial charge on any atom is -0.459 e. The Balaban J connectivity index is 2.16. The third-order valence-corrected chi connectivity index (χ3v) is 4.11. The Morgan fingerprint density at radius 3 is 2.65 bits per heavy atom. The maximum Gasteiger partial charge on any atom is 0.342 e. The number of halogens is 1. The molecule has 0 bridgehead atoms. The first-order valence-electron chi connectivity index (χ1n) is 8.35. The Morgan fingerprint density at radius 1 is 1.19 bits per heavy atom. The van der Waals surface area contributed by atoms with Crippen LogP contribution in [0.4, 0.5) is 11.4 Å². The van der Waals surface area contributed by atoms with Crippen molar-refractivity contribution in [2.45, 2.75) is 33.8 Å². The van der Waals surface area contributed by atoms with E-state index in [4.69, 9.17) is 16.3 Å². The van der Waals surface area contributed by atoms with Gasteiger partial charge >= 0.3 is 5.97 Å². The molecule has 3 rings (SSSR count). The van der Waals surface area contributed by atoms with Crippen molar-refractivity contribution in [1.82, 2.24) is 9.97 Å². The number of carbonyl (C=O) groups excluding carboxylic acids is 1. The fraction of sp³-hybridized carbons (Fsp3) is 0.250. The van der Waals surface area contributed by atoms with Gasteiger partial charge in [0.15, 0.2) is 5.65 Å². The highest BCUT2D eigenvalue weighted by Crippen LogP contribution is 2.31. The van der Waals surface area contributed by atoms with Crippen LogP contribution in [0.25, 0.3) is 11.0 Å². The van der Waals surface area contributed by atoms with Gasteiger partial charge in [0.2, 0.25) is 0 Å². The highest BCUT2D eigenvalue weighted by atomic mass is 35.5. The zero-order valence-corrected chi connectivity index (χ0v) is 15.9. The summed E-state index contributed by atoms with van der Waals surface area (Å²) in [5.74, 6) is -0.427. The highest BCUT2D eigenvalue weighted by molar-refractivity contribution is 6.30. The molecule has 0 atom stereocenters. The van der Waals surface area contributed by atoms with Crippen LogP contribution < -0.4 is 5.32 Å². The number of esters is 1. The Labute approximate surface area is 157 Å². The first-order chi connectivity index (χ1) is 12.3. The molecule has 2 aromatic heterocycles. The number of nitrogens with zero attached hydrogens (tertiary/aromatic N) is 2. The molecule has 134 valence electrons. The smallest absolute Gasteiger partial charge is 0.342 e. The second-order valence-corrected chi connectivity index (χ2v) is 6.85. The van der Waals surface area contributed by atoms with Crippen LogP contribution in [-0.4, -0.2) is 22.0 Å². The largest absolute Gasteiger partial charge is 0.459 e. The zero-order chi connectivity index (χ0) is 18.8. The van der Waals surface area contributed by atoms with Crippen LogP contribution in [0.15, 0.2) is 36.5 Å². The first kappa shape index (κ1) is 18.1. The number of fused-ring (bicyclic) bond motifs is 1. The number of benzene rings is 1. The molecular weight excluding hydrogens is 350 g/mol. The van der Waals surface area contributed by atoms with Gasteiger partial charge in [0.05, 0.1) is 11.8 Å². The van der Waals surface area contributed by atoms with E-state index in [1.54, 1.807) is 6.07 Å². The molecule has 5 nitrogen and oxygen atoms in total. The topological polar surface area (TPSA) is 64.1 Å². The molecule has 1 N–H and O–H groups in total. The van der Waals surface area contributed by atoms with E-state index in [-0.39, 0.29) is 6.10 Å². The molecule has 0 aliphatic carbocycles. The van der Waals surface area contributed by atoms with E-state index in [2.05, 4.69) is 15.3 Å². The van der Waals surface area contributed by atoms with E-state index < -0.39 is 5.97 Å². The summed E-state index contributed by atoms with van der Waals surface area (Å²) in [4.78, 5) is 21.4. The van der Waals surface area contributed by atoms with Crippen molar-refractivity contribution >= 4 is 40.0 Å². The van der Waals surface area contributed by atoms with Crippen LogP contribution in [0, 0.1) is 13.8 Å². The van der Waals surface area contributed by atoms with Gasteiger partial charge in [-0.25, -0.2) is 14.8 Å². The van der Waals surface area contributed by atoms with Gasteiger partial charge in [-0.1, -0.05) is 11.6 Å². The lowest BCUT2D eigenvalue weighted by Gasteiger charge is -2.16. The molecule has 6 heteroatoms. The average Bonchev–Trinajstić information content (AvgIpc) is 2.56. The number of carbonyl (C=O) groups is 1. The Hall–Kier alpha value is -2.66. The molecule has 0 saturated heterocycles. The predicted molar refractivity (Wildman–Crippen MR) is 104 cm³/mol. The van der Waals surface area contributed by atoms with Crippen molar-refractivity contribution in [3.05, 3.63) is 58.4 Å². The number of rotatable bonds is 4. The summed E-state index contributed by atoms with van der Waals surface area (Å²) in [5, 5.41) is 4.75.